The monoisotopic (exact) mass is 414 g/mol. The van der Waals surface area contributed by atoms with E-state index in [-0.39, 0.29) is 6.42 Å². The van der Waals surface area contributed by atoms with E-state index in [0.29, 0.717) is 5.57 Å². The predicted octanol–water partition coefficient (Wildman–Crippen LogP) is 7.57. The van der Waals surface area contributed by atoms with Gasteiger partial charge in [0.15, 0.2) is 0 Å². The minimum absolute atomic E-state index is 0.109. The van der Waals surface area contributed by atoms with Gasteiger partial charge in [0.2, 0.25) is 0 Å². The Morgan fingerprint density at radius 2 is 1.68 bits per heavy atom. The van der Waals surface area contributed by atoms with Crippen LogP contribution in [-0.4, -0.2) is 11.6 Å². The van der Waals surface area contributed by atoms with E-state index in [1.165, 1.54) is 12.2 Å². The van der Waals surface area contributed by atoms with E-state index >= 15 is 0 Å². The fourth-order valence-corrected chi connectivity index (χ4v) is 4.20. The molecule has 0 radical (unpaired) electrons. The topological polar surface area (TPSA) is 8.72 Å². The van der Waals surface area contributed by atoms with Gasteiger partial charge in [0, 0.05) is 24.7 Å². The Balaban J connectivity index is 2.14. The fraction of sp³-hybridized carbons (Fsp3) is 0.259. The standard InChI is InChI=1S/C27H24F2N2/c1-4-18-27(30-2,31-3)25-17-19-26(28,29)20-24(25)23(22-13-9-6-10-14-22)16-15-21-11-7-5-8-12-21/h4-17,23-24H,1,18-20H2/b16-15+/t23-,24-/m0/s1. The lowest BCUT2D eigenvalue weighted by Gasteiger charge is -2.34. The largest absolute Gasteiger partial charge is 0.509 e. The number of hydrogen-bond donors (Lipinski definition) is 0. The normalized spacial score (nSPS) is 19.1. The van der Waals surface area contributed by atoms with Gasteiger partial charge < -0.3 is 0 Å². The molecule has 0 aromatic heterocycles. The maximum Gasteiger partial charge on any atom is 0.509 e. The number of allylic oxidation sites excluding steroid dienone is 2. The molecule has 2 aromatic rings. The van der Waals surface area contributed by atoms with Gasteiger partial charge in [0.1, 0.15) is 12.0 Å². The van der Waals surface area contributed by atoms with E-state index in [9.17, 15) is 8.78 Å². The van der Waals surface area contributed by atoms with Crippen molar-refractivity contribution in [3.8, 4) is 0 Å². The van der Waals surface area contributed by atoms with Gasteiger partial charge in [-0.05, 0) is 11.1 Å². The predicted molar refractivity (Wildman–Crippen MR) is 121 cm³/mol. The molecule has 0 spiro atoms. The van der Waals surface area contributed by atoms with Crippen molar-refractivity contribution in [2.75, 3.05) is 0 Å². The van der Waals surface area contributed by atoms with Crippen molar-refractivity contribution >= 4 is 6.08 Å². The lowest BCUT2D eigenvalue weighted by Crippen LogP contribution is -2.37. The number of rotatable bonds is 7. The van der Waals surface area contributed by atoms with E-state index in [1.54, 1.807) is 0 Å². The van der Waals surface area contributed by atoms with Crippen molar-refractivity contribution < 1.29 is 8.78 Å². The highest BCUT2D eigenvalue weighted by atomic mass is 19.3. The van der Waals surface area contributed by atoms with Crippen LogP contribution in [0.4, 0.5) is 8.78 Å². The van der Waals surface area contributed by atoms with Crippen LogP contribution in [0.5, 0.6) is 0 Å². The lowest BCUT2D eigenvalue weighted by atomic mass is 9.69. The van der Waals surface area contributed by atoms with Crippen LogP contribution in [0.15, 0.2) is 91.0 Å². The summed E-state index contributed by atoms with van der Waals surface area (Å²) in [7, 11) is 0. The number of alkyl halides is 2. The third-order valence-corrected chi connectivity index (χ3v) is 5.71. The highest BCUT2D eigenvalue weighted by Gasteiger charge is 2.55. The second-order valence-electron chi connectivity index (χ2n) is 7.77. The SMILES string of the molecule is [C-]#[N+]C(CC=C)([N+]#[C-])C1=CCC(F)(F)C[C@H]1[C@@H](/C=C/c1ccccc1)c1ccccc1. The minimum atomic E-state index is -2.88. The van der Waals surface area contributed by atoms with Crippen LogP contribution >= 0.6 is 0 Å². The van der Waals surface area contributed by atoms with Crippen LogP contribution in [-0.2, 0) is 0 Å². The summed E-state index contributed by atoms with van der Waals surface area (Å²) in [5.74, 6) is -3.95. The molecule has 2 atom stereocenters. The number of benzene rings is 2. The van der Waals surface area contributed by atoms with Gasteiger partial charge in [-0.2, -0.15) is 0 Å². The Morgan fingerprint density at radius 3 is 2.26 bits per heavy atom. The molecule has 0 saturated carbocycles. The first-order valence-electron chi connectivity index (χ1n) is 10.2. The van der Waals surface area contributed by atoms with E-state index in [2.05, 4.69) is 16.3 Å². The summed E-state index contributed by atoms with van der Waals surface area (Å²) in [6, 6.07) is 19.1. The van der Waals surface area contributed by atoms with Crippen LogP contribution < -0.4 is 0 Å². The third kappa shape index (κ3) is 4.98. The zero-order chi connectivity index (χ0) is 22.3. The fourth-order valence-electron chi connectivity index (χ4n) is 4.20. The Kier molecular flexibility index (Phi) is 6.83. The van der Waals surface area contributed by atoms with Crippen molar-refractivity contribution in [1.29, 1.82) is 0 Å². The smallest absolute Gasteiger partial charge is 0.226 e. The molecule has 0 unspecified atom stereocenters. The van der Waals surface area contributed by atoms with Crippen molar-refractivity contribution in [3.05, 3.63) is 125 Å². The highest BCUT2D eigenvalue weighted by Crippen LogP contribution is 2.49. The van der Waals surface area contributed by atoms with Gasteiger partial charge in [0.05, 0.1) is 0 Å². The van der Waals surface area contributed by atoms with Crippen molar-refractivity contribution in [2.45, 2.75) is 36.8 Å². The maximum atomic E-state index is 14.6. The summed E-state index contributed by atoms with van der Waals surface area (Å²) >= 11 is 0. The number of halogens is 2. The summed E-state index contributed by atoms with van der Waals surface area (Å²) in [5, 5.41) is 0. The molecule has 2 aromatic carbocycles. The Labute approximate surface area is 182 Å². The molecular formula is C27H24F2N2. The molecular weight excluding hydrogens is 390 g/mol. The van der Waals surface area contributed by atoms with Crippen LogP contribution in [0.1, 0.15) is 36.3 Å². The zero-order valence-corrected chi connectivity index (χ0v) is 17.2. The molecule has 0 bridgehead atoms. The Bertz CT molecular complexity index is 1030. The molecule has 0 aliphatic heterocycles. The molecule has 4 heteroatoms. The maximum absolute atomic E-state index is 14.6. The summed E-state index contributed by atoms with van der Waals surface area (Å²) in [6.45, 7) is 19.2. The lowest BCUT2D eigenvalue weighted by molar-refractivity contribution is -0.0249. The Hall–Kier alpha value is -3.50. The summed E-state index contributed by atoms with van der Waals surface area (Å²) in [5.41, 5.74) is 0.793. The van der Waals surface area contributed by atoms with Crippen molar-refractivity contribution in [3.63, 3.8) is 0 Å². The van der Waals surface area contributed by atoms with Gasteiger partial charge >= 0.3 is 5.66 Å². The van der Waals surface area contributed by atoms with E-state index < -0.39 is 36.3 Å². The third-order valence-electron chi connectivity index (χ3n) is 5.71. The summed E-state index contributed by atoms with van der Waals surface area (Å²) in [4.78, 5) is 7.26. The second-order valence-corrected chi connectivity index (χ2v) is 7.77. The summed E-state index contributed by atoms with van der Waals surface area (Å²) < 4.78 is 29.2. The van der Waals surface area contributed by atoms with Crippen LogP contribution in [0.2, 0.25) is 0 Å². The first-order chi connectivity index (χ1) is 14.9. The first-order valence-corrected chi connectivity index (χ1v) is 10.2. The van der Waals surface area contributed by atoms with E-state index in [1.807, 2.05) is 72.8 Å². The van der Waals surface area contributed by atoms with Crippen molar-refractivity contribution in [2.24, 2.45) is 5.92 Å². The van der Waals surface area contributed by atoms with Crippen LogP contribution in [0.3, 0.4) is 0 Å². The average molecular weight is 414 g/mol. The van der Waals surface area contributed by atoms with Gasteiger partial charge in [-0.1, -0.05) is 85.0 Å². The molecule has 3 rings (SSSR count). The van der Waals surface area contributed by atoms with Gasteiger partial charge in [-0.3, -0.25) is 0 Å². The minimum Gasteiger partial charge on any atom is -0.226 e. The van der Waals surface area contributed by atoms with E-state index in [0.717, 1.165) is 11.1 Å². The Morgan fingerprint density at radius 1 is 1.06 bits per heavy atom. The van der Waals surface area contributed by atoms with Crippen molar-refractivity contribution in [1.82, 2.24) is 0 Å². The van der Waals surface area contributed by atoms with Crippen LogP contribution in [0, 0.1) is 19.1 Å². The second kappa shape index (κ2) is 9.54. The zero-order valence-electron chi connectivity index (χ0n) is 17.2. The molecule has 0 saturated heterocycles. The quantitative estimate of drug-likeness (QED) is 0.326. The van der Waals surface area contributed by atoms with Gasteiger partial charge in [-0.15, -0.1) is 6.58 Å². The molecule has 0 fully saturated rings. The number of hydrogen-bond acceptors (Lipinski definition) is 0. The molecule has 1 aliphatic rings. The highest BCUT2D eigenvalue weighted by molar-refractivity contribution is 5.52. The van der Waals surface area contributed by atoms with E-state index in [4.69, 9.17) is 13.1 Å². The molecule has 1 aliphatic carbocycles. The van der Waals surface area contributed by atoms with Gasteiger partial charge in [-0.25, -0.2) is 31.6 Å². The first kappa shape index (κ1) is 22.2. The molecule has 31 heavy (non-hydrogen) atoms. The molecule has 0 amide bonds. The van der Waals surface area contributed by atoms with Gasteiger partial charge in [0.25, 0.3) is 5.92 Å². The number of nitrogens with zero attached hydrogens (tertiary/aromatic N) is 2. The van der Waals surface area contributed by atoms with Crippen LogP contribution in [0.25, 0.3) is 15.8 Å². The molecule has 156 valence electrons. The average Bonchev–Trinajstić information content (AvgIpc) is 2.79. The molecule has 0 heterocycles. The molecule has 0 N–H and O–H groups in total. The summed E-state index contributed by atoms with van der Waals surface area (Å²) in [6.07, 6.45) is 6.06. The molecule has 2 nitrogen and oxygen atoms in total.